The first-order chi connectivity index (χ1) is 31.7. The molecule has 3 heterocycles. The second kappa shape index (κ2) is 14.6. The van der Waals surface area contributed by atoms with Crippen LogP contribution >= 0.6 is 11.8 Å². The van der Waals surface area contributed by atoms with Crippen LogP contribution in [0.4, 0.5) is 0 Å². The predicted octanol–water partition coefficient (Wildman–Crippen LogP) is 14.7. The molecule has 0 bridgehead atoms. The monoisotopic (exact) mass is 832 g/mol. The Kier molecular flexibility index (Phi) is 8.33. The Morgan fingerprint density at radius 2 is 0.828 bits per heavy atom. The number of fused-ring (bicyclic) bond motifs is 13. The van der Waals surface area contributed by atoms with E-state index in [2.05, 4.69) is 158 Å². The molecule has 0 fully saturated rings. The van der Waals surface area contributed by atoms with E-state index >= 15 is 0 Å². The summed E-state index contributed by atoms with van der Waals surface area (Å²) in [6.07, 6.45) is 0. The topological polar surface area (TPSA) is 51.6 Å². The molecule has 0 N–H and O–H groups in total. The van der Waals surface area contributed by atoms with Crippen LogP contribution in [0.1, 0.15) is 22.3 Å². The molecule has 0 radical (unpaired) electrons. The molecule has 2 aliphatic rings. The average Bonchev–Trinajstić information content (AvgIpc) is 3.67. The van der Waals surface area contributed by atoms with Crippen molar-refractivity contribution < 1.29 is 0 Å². The SMILES string of the molecule is c1ccc(-c2nc(-c3ccccc3)nc(-c3cccc(-c4ccc5c(c4)nc(-c4ccccc4)c4ccc6c(c45)Sc4ccccc4C64c5ccccc5-c5ccccc54)c3)n2)cc1. The van der Waals surface area contributed by atoms with Gasteiger partial charge < -0.3 is 0 Å². The fourth-order valence-electron chi connectivity index (χ4n) is 10.2. The molecule has 1 spiro atoms. The summed E-state index contributed by atoms with van der Waals surface area (Å²) in [7, 11) is 0. The maximum Gasteiger partial charge on any atom is 0.164 e. The van der Waals surface area contributed by atoms with E-state index in [1.54, 1.807) is 0 Å². The van der Waals surface area contributed by atoms with Gasteiger partial charge in [-0.25, -0.2) is 19.9 Å². The number of pyridine rings is 1. The Hall–Kier alpha value is -7.99. The van der Waals surface area contributed by atoms with E-state index in [0.717, 1.165) is 55.4 Å². The van der Waals surface area contributed by atoms with Crippen molar-refractivity contribution in [3.05, 3.63) is 241 Å². The fourth-order valence-corrected chi connectivity index (χ4v) is 11.5. The average molecular weight is 833 g/mol. The van der Waals surface area contributed by atoms with Gasteiger partial charge in [-0.2, -0.15) is 0 Å². The molecule has 1 aliphatic carbocycles. The van der Waals surface area contributed by atoms with Gasteiger partial charge in [0.25, 0.3) is 0 Å². The van der Waals surface area contributed by atoms with Crippen molar-refractivity contribution in [3.8, 4) is 67.7 Å². The van der Waals surface area contributed by atoms with Crippen molar-refractivity contribution in [2.75, 3.05) is 0 Å². The maximum atomic E-state index is 5.54. The highest BCUT2D eigenvalue weighted by molar-refractivity contribution is 7.99. The van der Waals surface area contributed by atoms with Gasteiger partial charge in [-0.05, 0) is 62.7 Å². The Bertz CT molecular complexity index is 3540. The summed E-state index contributed by atoms with van der Waals surface area (Å²) in [5.41, 5.74) is 15.4. The van der Waals surface area contributed by atoms with Crippen molar-refractivity contribution in [1.82, 2.24) is 19.9 Å². The highest BCUT2D eigenvalue weighted by Gasteiger charge is 2.50. The summed E-state index contributed by atoms with van der Waals surface area (Å²) < 4.78 is 0. The lowest BCUT2D eigenvalue weighted by atomic mass is 9.67. The van der Waals surface area contributed by atoms with Crippen LogP contribution in [-0.2, 0) is 5.41 Å². The Morgan fingerprint density at radius 1 is 0.328 bits per heavy atom. The largest absolute Gasteiger partial charge is 0.247 e. The quantitative estimate of drug-likeness (QED) is 0.162. The van der Waals surface area contributed by atoms with Gasteiger partial charge in [0.2, 0.25) is 0 Å². The molecule has 298 valence electrons. The van der Waals surface area contributed by atoms with Crippen LogP contribution in [0.25, 0.3) is 89.4 Å². The molecule has 4 nitrogen and oxygen atoms in total. The molecule has 0 amide bonds. The zero-order valence-corrected chi connectivity index (χ0v) is 35.3. The van der Waals surface area contributed by atoms with Gasteiger partial charge in [0.15, 0.2) is 17.5 Å². The third-order valence-corrected chi connectivity index (χ3v) is 14.2. The van der Waals surface area contributed by atoms with Crippen LogP contribution in [0.3, 0.4) is 0 Å². The van der Waals surface area contributed by atoms with Crippen LogP contribution in [0.15, 0.2) is 228 Å². The minimum absolute atomic E-state index is 0.475. The lowest BCUT2D eigenvalue weighted by molar-refractivity contribution is 0.726. The van der Waals surface area contributed by atoms with Crippen LogP contribution in [0.2, 0.25) is 0 Å². The molecule has 0 unspecified atom stereocenters. The Labute approximate surface area is 375 Å². The van der Waals surface area contributed by atoms with Crippen LogP contribution in [-0.4, -0.2) is 19.9 Å². The normalized spacial score (nSPS) is 13.1. The molecule has 11 aromatic rings. The third-order valence-electron chi connectivity index (χ3n) is 13.0. The fraction of sp³-hybridized carbons (Fsp3) is 0.0169. The van der Waals surface area contributed by atoms with E-state index in [4.69, 9.17) is 19.9 Å². The van der Waals surface area contributed by atoms with Crippen molar-refractivity contribution in [1.29, 1.82) is 0 Å². The first kappa shape index (κ1) is 36.6. The second-order valence-electron chi connectivity index (χ2n) is 16.5. The number of aromatic nitrogens is 4. The molecule has 0 saturated heterocycles. The van der Waals surface area contributed by atoms with E-state index in [1.165, 1.54) is 48.6 Å². The Balaban J connectivity index is 1.03. The Morgan fingerprint density at radius 3 is 1.48 bits per heavy atom. The molecule has 0 atom stereocenters. The summed E-state index contributed by atoms with van der Waals surface area (Å²) in [6.45, 7) is 0. The standard InChI is InChI=1S/C59H36N4S/c1-4-17-37(18-5-1)54-46-33-34-50-55(64-52-30-15-14-29-49(52)59(50)47-27-12-10-25-43(47)44-26-11-13-28-48(44)59)53(46)45-32-31-41(36-51(45)60-54)40-23-16-24-42(35-40)58-62-56(38-19-6-2-7-20-38)61-57(63-58)39-21-8-3-9-22-39/h1-36H. The molecule has 1 aliphatic heterocycles. The molecular formula is C59H36N4S. The van der Waals surface area contributed by atoms with Crippen molar-refractivity contribution in [2.24, 2.45) is 0 Å². The van der Waals surface area contributed by atoms with Gasteiger partial charge in [-0.1, -0.05) is 212 Å². The summed E-state index contributed by atoms with van der Waals surface area (Å²) in [6, 6.07) is 78.0. The smallest absolute Gasteiger partial charge is 0.164 e. The van der Waals surface area contributed by atoms with Gasteiger partial charge in [-0.3, -0.25) is 0 Å². The molecule has 5 heteroatoms. The van der Waals surface area contributed by atoms with Crippen molar-refractivity contribution >= 4 is 33.4 Å². The predicted molar refractivity (Wildman–Crippen MR) is 261 cm³/mol. The van der Waals surface area contributed by atoms with Crippen molar-refractivity contribution in [2.45, 2.75) is 15.2 Å². The number of hydrogen-bond acceptors (Lipinski definition) is 5. The summed E-state index contributed by atoms with van der Waals surface area (Å²) >= 11 is 1.89. The van der Waals surface area contributed by atoms with Crippen molar-refractivity contribution in [3.63, 3.8) is 0 Å². The molecule has 64 heavy (non-hydrogen) atoms. The first-order valence-corrected chi connectivity index (χ1v) is 22.4. The summed E-state index contributed by atoms with van der Waals surface area (Å²) in [5, 5.41) is 3.51. The van der Waals surface area contributed by atoms with Gasteiger partial charge in [-0.15, -0.1) is 0 Å². The van der Waals surface area contributed by atoms with Gasteiger partial charge in [0.1, 0.15) is 0 Å². The molecular weight excluding hydrogens is 797 g/mol. The van der Waals surface area contributed by atoms with Crippen LogP contribution < -0.4 is 0 Å². The molecule has 9 aromatic carbocycles. The number of nitrogens with zero attached hydrogens (tertiary/aromatic N) is 4. The van der Waals surface area contributed by atoms with Gasteiger partial charge in [0.05, 0.1) is 16.6 Å². The first-order valence-electron chi connectivity index (χ1n) is 21.6. The second-order valence-corrected chi connectivity index (χ2v) is 17.5. The lowest BCUT2D eigenvalue weighted by Crippen LogP contribution is -2.32. The number of rotatable bonds is 5. The van der Waals surface area contributed by atoms with E-state index in [9.17, 15) is 0 Å². The maximum absolute atomic E-state index is 5.54. The highest BCUT2D eigenvalue weighted by atomic mass is 32.2. The lowest BCUT2D eigenvalue weighted by Gasteiger charge is -2.40. The van der Waals surface area contributed by atoms with E-state index in [-0.39, 0.29) is 0 Å². The summed E-state index contributed by atoms with van der Waals surface area (Å²) in [5.74, 6) is 1.90. The van der Waals surface area contributed by atoms with Crippen LogP contribution in [0.5, 0.6) is 0 Å². The molecule has 0 saturated carbocycles. The number of benzene rings is 9. The number of hydrogen-bond donors (Lipinski definition) is 0. The zero-order valence-electron chi connectivity index (χ0n) is 34.5. The minimum Gasteiger partial charge on any atom is -0.247 e. The third kappa shape index (κ3) is 5.57. The minimum atomic E-state index is -0.475. The highest BCUT2D eigenvalue weighted by Crippen LogP contribution is 2.63. The molecule has 2 aromatic heterocycles. The summed E-state index contributed by atoms with van der Waals surface area (Å²) in [4.78, 5) is 23.1. The van der Waals surface area contributed by atoms with E-state index in [1.807, 2.05) is 72.4 Å². The van der Waals surface area contributed by atoms with Gasteiger partial charge >= 0.3 is 0 Å². The van der Waals surface area contributed by atoms with Crippen LogP contribution in [0, 0.1) is 0 Å². The zero-order chi connectivity index (χ0) is 42.2. The van der Waals surface area contributed by atoms with E-state index < -0.39 is 5.41 Å². The molecule has 13 rings (SSSR count). The van der Waals surface area contributed by atoms with E-state index in [0.29, 0.717) is 17.5 Å². The van der Waals surface area contributed by atoms with Gasteiger partial charge in [0, 0.05) is 48.2 Å².